The van der Waals surface area contributed by atoms with Crippen LogP contribution in [0.5, 0.6) is 0 Å². The van der Waals surface area contributed by atoms with E-state index in [2.05, 4.69) is 9.97 Å². The largest absolute Gasteiger partial charge is 0.477 e. The molecule has 0 fully saturated rings. The highest BCUT2D eigenvalue weighted by atomic mass is 16.4. The van der Waals surface area contributed by atoms with Crippen molar-refractivity contribution >= 4 is 5.97 Å². The number of aryl methyl sites for hydroxylation is 3. The number of benzene rings is 1. The molecule has 2 N–H and O–H groups in total. The van der Waals surface area contributed by atoms with Crippen LogP contribution in [0.2, 0.25) is 0 Å². The number of aromatic nitrogens is 2. The number of hydrogen-bond acceptors (Lipinski definition) is 3. The van der Waals surface area contributed by atoms with E-state index in [0.29, 0.717) is 5.69 Å². The van der Waals surface area contributed by atoms with E-state index in [1.165, 1.54) is 6.07 Å². The van der Waals surface area contributed by atoms with Gasteiger partial charge >= 0.3 is 11.7 Å². The van der Waals surface area contributed by atoms with E-state index in [9.17, 15) is 9.59 Å². The fourth-order valence-electron chi connectivity index (χ4n) is 2.28. The first-order valence-electron chi connectivity index (χ1n) is 5.81. The standard InChI is InChI=1S/C14H14N2O3/c1-7-4-8(2)12(9(3)5-7)10-6-11(13(17)18)16-14(19)15-10/h4-6H,1-3H3,(H,17,18)(H,15,16,19). The Hall–Kier alpha value is -2.43. The monoisotopic (exact) mass is 258 g/mol. The van der Waals surface area contributed by atoms with Crippen LogP contribution in [0.3, 0.4) is 0 Å². The lowest BCUT2D eigenvalue weighted by molar-refractivity contribution is 0.0690. The SMILES string of the molecule is Cc1cc(C)c(-c2cc(C(=O)O)[nH]c(=O)n2)c(C)c1. The fourth-order valence-corrected chi connectivity index (χ4v) is 2.28. The summed E-state index contributed by atoms with van der Waals surface area (Å²) in [6.07, 6.45) is 0. The van der Waals surface area contributed by atoms with Gasteiger partial charge in [0.2, 0.25) is 0 Å². The van der Waals surface area contributed by atoms with Crippen LogP contribution in [0.25, 0.3) is 11.3 Å². The molecule has 0 radical (unpaired) electrons. The summed E-state index contributed by atoms with van der Waals surface area (Å²) in [7, 11) is 0. The second-order valence-corrected chi connectivity index (χ2v) is 4.56. The number of hydrogen-bond donors (Lipinski definition) is 2. The molecular weight excluding hydrogens is 244 g/mol. The first kappa shape index (κ1) is 13.0. The van der Waals surface area contributed by atoms with Gasteiger partial charge in [-0.3, -0.25) is 4.98 Å². The van der Waals surface area contributed by atoms with Gasteiger partial charge in [-0.25, -0.2) is 9.59 Å². The Labute approximate surface area is 110 Å². The molecule has 1 aromatic carbocycles. The lowest BCUT2D eigenvalue weighted by atomic mass is 9.97. The highest BCUT2D eigenvalue weighted by molar-refractivity contribution is 5.86. The van der Waals surface area contributed by atoms with Gasteiger partial charge in [-0.2, -0.15) is 4.98 Å². The third kappa shape index (κ3) is 2.54. The van der Waals surface area contributed by atoms with Crippen LogP contribution in [-0.2, 0) is 0 Å². The smallest absolute Gasteiger partial charge is 0.352 e. The highest BCUT2D eigenvalue weighted by Gasteiger charge is 2.12. The number of aromatic carboxylic acids is 1. The molecule has 1 aromatic heterocycles. The van der Waals surface area contributed by atoms with Crippen molar-refractivity contribution in [3.8, 4) is 11.3 Å². The molecule has 0 aliphatic heterocycles. The van der Waals surface area contributed by atoms with Crippen LogP contribution >= 0.6 is 0 Å². The number of rotatable bonds is 2. The van der Waals surface area contributed by atoms with Gasteiger partial charge in [-0.05, 0) is 38.0 Å². The van der Waals surface area contributed by atoms with E-state index in [1.54, 1.807) is 0 Å². The van der Waals surface area contributed by atoms with Crippen LogP contribution < -0.4 is 5.69 Å². The Bertz CT molecular complexity index is 694. The van der Waals surface area contributed by atoms with Crippen LogP contribution in [0.1, 0.15) is 27.2 Å². The molecule has 0 aliphatic carbocycles. The Morgan fingerprint density at radius 2 is 1.74 bits per heavy atom. The zero-order chi connectivity index (χ0) is 14.2. The summed E-state index contributed by atoms with van der Waals surface area (Å²) in [6.45, 7) is 5.81. The Balaban J connectivity index is 2.72. The maximum atomic E-state index is 11.4. The van der Waals surface area contributed by atoms with Crippen molar-refractivity contribution in [3.63, 3.8) is 0 Å². The van der Waals surface area contributed by atoms with Crippen LogP contribution in [0.4, 0.5) is 0 Å². The zero-order valence-electron chi connectivity index (χ0n) is 10.9. The molecule has 0 atom stereocenters. The van der Waals surface area contributed by atoms with Crippen molar-refractivity contribution in [2.45, 2.75) is 20.8 Å². The first-order chi connectivity index (χ1) is 8.88. The molecule has 98 valence electrons. The maximum absolute atomic E-state index is 11.4. The molecule has 0 saturated heterocycles. The van der Waals surface area contributed by atoms with Gasteiger partial charge in [0.25, 0.3) is 0 Å². The summed E-state index contributed by atoms with van der Waals surface area (Å²) in [4.78, 5) is 28.5. The summed E-state index contributed by atoms with van der Waals surface area (Å²) in [5.41, 5.74) is 3.42. The average Bonchev–Trinajstić information content (AvgIpc) is 2.26. The molecule has 0 saturated carbocycles. The second kappa shape index (κ2) is 4.68. The normalized spacial score (nSPS) is 10.5. The minimum atomic E-state index is -1.18. The third-order valence-corrected chi connectivity index (χ3v) is 2.91. The number of nitrogens with zero attached hydrogens (tertiary/aromatic N) is 1. The highest BCUT2D eigenvalue weighted by Crippen LogP contribution is 2.26. The predicted octanol–water partition coefficient (Wildman–Crippen LogP) is 2.06. The minimum Gasteiger partial charge on any atom is -0.477 e. The van der Waals surface area contributed by atoms with Crippen LogP contribution in [0, 0.1) is 20.8 Å². The van der Waals surface area contributed by atoms with Gasteiger partial charge in [0, 0.05) is 5.56 Å². The summed E-state index contributed by atoms with van der Waals surface area (Å²) in [6, 6.07) is 5.34. The molecule has 0 unspecified atom stereocenters. The van der Waals surface area contributed by atoms with Gasteiger partial charge in [0.05, 0.1) is 5.69 Å². The molecular formula is C14H14N2O3. The van der Waals surface area contributed by atoms with Crippen molar-refractivity contribution in [2.24, 2.45) is 0 Å². The van der Waals surface area contributed by atoms with E-state index >= 15 is 0 Å². The zero-order valence-corrected chi connectivity index (χ0v) is 10.9. The second-order valence-electron chi connectivity index (χ2n) is 4.56. The van der Waals surface area contributed by atoms with Crippen molar-refractivity contribution in [2.75, 3.05) is 0 Å². The quantitative estimate of drug-likeness (QED) is 0.863. The fraction of sp³-hybridized carbons (Fsp3) is 0.214. The van der Waals surface area contributed by atoms with Gasteiger partial charge in [-0.15, -0.1) is 0 Å². The van der Waals surface area contributed by atoms with Gasteiger partial charge in [-0.1, -0.05) is 17.7 Å². The van der Waals surface area contributed by atoms with E-state index in [4.69, 9.17) is 5.11 Å². The Morgan fingerprint density at radius 3 is 2.26 bits per heavy atom. The van der Waals surface area contributed by atoms with E-state index in [1.807, 2.05) is 32.9 Å². The van der Waals surface area contributed by atoms with E-state index in [0.717, 1.165) is 22.3 Å². The molecule has 19 heavy (non-hydrogen) atoms. The van der Waals surface area contributed by atoms with Crippen LogP contribution in [0.15, 0.2) is 23.0 Å². The maximum Gasteiger partial charge on any atom is 0.352 e. The average molecular weight is 258 g/mol. The molecule has 5 nitrogen and oxygen atoms in total. The summed E-state index contributed by atoms with van der Waals surface area (Å²) in [5.74, 6) is -1.18. The summed E-state index contributed by atoms with van der Waals surface area (Å²) in [5, 5.41) is 8.97. The number of carboxylic acids is 1. The Morgan fingerprint density at radius 1 is 1.16 bits per heavy atom. The van der Waals surface area contributed by atoms with Crippen LogP contribution in [-0.4, -0.2) is 21.0 Å². The number of aromatic amines is 1. The molecule has 0 spiro atoms. The number of H-pyrrole nitrogens is 1. The molecule has 0 bridgehead atoms. The molecule has 0 amide bonds. The lowest BCUT2D eigenvalue weighted by Gasteiger charge is -2.10. The molecule has 1 heterocycles. The van der Waals surface area contributed by atoms with E-state index < -0.39 is 11.7 Å². The number of carbonyl (C=O) groups is 1. The van der Waals surface area contributed by atoms with Gasteiger partial charge < -0.3 is 5.11 Å². The van der Waals surface area contributed by atoms with E-state index in [-0.39, 0.29) is 5.69 Å². The lowest BCUT2D eigenvalue weighted by Crippen LogP contribution is -2.16. The summed E-state index contributed by atoms with van der Waals surface area (Å²) >= 11 is 0. The first-order valence-corrected chi connectivity index (χ1v) is 5.81. The predicted molar refractivity (Wildman–Crippen MR) is 71.5 cm³/mol. The van der Waals surface area contributed by atoms with Crippen molar-refractivity contribution in [1.82, 2.24) is 9.97 Å². The van der Waals surface area contributed by atoms with Crippen molar-refractivity contribution in [3.05, 3.63) is 51.1 Å². The molecule has 5 heteroatoms. The van der Waals surface area contributed by atoms with Gasteiger partial charge in [0.15, 0.2) is 0 Å². The topological polar surface area (TPSA) is 83.0 Å². The molecule has 2 aromatic rings. The minimum absolute atomic E-state index is 0.158. The third-order valence-electron chi connectivity index (χ3n) is 2.91. The summed E-state index contributed by atoms with van der Waals surface area (Å²) < 4.78 is 0. The van der Waals surface area contributed by atoms with Crippen molar-refractivity contribution in [1.29, 1.82) is 0 Å². The Kier molecular flexibility index (Phi) is 3.21. The number of carboxylic acid groups (broad SMARTS) is 1. The molecule has 0 aliphatic rings. The van der Waals surface area contributed by atoms with Gasteiger partial charge in [0.1, 0.15) is 5.69 Å². The molecule has 2 rings (SSSR count). The number of nitrogens with one attached hydrogen (secondary N) is 1. The van der Waals surface area contributed by atoms with Crippen molar-refractivity contribution < 1.29 is 9.90 Å².